The Morgan fingerprint density at radius 3 is 2.73 bits per heavy atom. The Labute approximate surface area is 138 Å². The van der Waals surface area contributed by atoms with E-state index in [1.54, 1.807) is 24.8 Å². The van der Waals surface area contributed by atoms with Gasteiger partial charge in [0.05, 0.1) is 15.6 Å². The Balaban J connectivity index is 2.04. The number of rotatable bonds is 3. The maximum Gasteiger partial charge on any atom is 0.262 e. The van der Waals surface area contributed by atoms with Crippen molar-refractivity contribution in [2.75, 3.05) is 26.2 Å². The smallest absolute Gasteiger partial charge is 0.262 e. The molecule has 1 fully saturated rings. The van der Waals surface area contributed by atoms with E-state index in [0.29, 0.717) is 29.7 Å². The number of piperazine rings is 1. The summed E-state index contributed by atoms with van der Waals surface area (Å²) in [6, 6.07) is 1.73. The first-order valence-electron chi connectivity index (χ1n) is 7.31. The van der Waals surface area contributed by atoms with Crippen LogP contribution in [0.1, 0.15) is 31.1 Å². The minimum Gasteiger partial charge on any atom is -0.389 e. The van der Waals surface area contributed by atoms with Crippen LogP contribution in [0.3, 0.4) is 0 Å². The largest absolute Gasteiger partial charge is 0.389 e. The van der Waals surface area contributed by atoms with Crippen LogP contribution in [0.5, 0.6) is 0 Å². The highest BCUT2D eigenvalue weighted by molar-refractivity contribution is 9.10. The van der Waals surface area contributed by atoms with Crippen LogP contribution in [0.2, 0.25) is 0 Å². The number of aliphatic hydroxyl groups is 1. The van der Waals surface area contributed by atoms with E-state index in [1.807, 2.05) is 6.92 Å². The number of aromatic amines is 1. The van der Waals surface area contributed by atoms with Gasteiger partial charge in [0.2, 0.25) is 0 Å². The van der Waals surface area contributed by atoms with Crippen molar-refractivity contribution in [2.24, 2.45) is 0 Å². The first-order valence-corrected chi connectivity index (χ1v) is 8.10. The summed E-state index contributed by atoms with van der Waals surface area (Å²) in [5, 5.41) is 9.94. The molecule has 122 valence electrons. The molecule has 1 saturated heterocycles. The minimum atomic E-state index is -0.746. The zero-order chi connectivity index (χ0) is 16.5. The zero-order valence-corrected chi connectivity index (χ0v) is 14.7. The van der Waals surface area contributed by atoms with Gasteiger partial charge in [-0.1, -0.05) is 0 Å². The molecule has 0 saturated carbocycles. The number of β-amino-alcohol motifs (C(OH)–C–C–N with tert-alkyl or cyclic N) is 1. The highest BCUT2D eigenvalue weighted by atomic mass is 79.9. The number of hydrogen-bond acceptors (Lipinski definition) is 4. The molecule has 22 heavy (non-hydrogen) atoms. The standard InChI is InChI=1S/C15H22BrN3O3/c1-10-8-18(4-5-19(10)9-15(2,3)22)14(21)11-6-12(16)13(20)17-7-11/h6-7,10,22H,4-5,8-9H2,1-3H3,(H,17,20). The van der Waals surface area contributed by atoms with E-state index in [-0.39, 0.29) is 17.5 Å². The van der Waals surface area contributed by atoms with Crippen molar-refractivity contribution in [1.82, 2.24) is 14.8 Å². The molecule has 1 aliphatic rings. The molecule has 1 atom stereocenters. The van der Waals surface area contributed by atoms with E-state index in [4.69, 9.17) is 0 Å². The van der Waals surface area contributed by atoms with E-state index < -0.39 is 5.60 Å². The van der Waals surface area contributed by atoms with Gasteiger partial charge in [-0.3, -0.25) is 14.5 Å². The molecule has 1 amide bonds. The lowest BCUT2D eigenvalue weighted by molar-refractivity contribution is -0.00144. The maximum absolute atomic E-state index is 12.5. The fourth-order valence-electron chi connectivity index (χ4n) is 2.67. The second kappa shape index (κ2) is 6.52. The fraction of sp³-hybridized carbons (Fsp3) is 0.600. The molecular formula is C15H22BrN3O3. The van der Waals surface area contributed by atoms with Crippen molar-refractivity contribution >= 4 is 21.8 Å². The molecular weight excluding hydrogens is 350 g/mol. The van der Waals surface area contributed by atoms with Gasteiger partial charge in [-0.25, -0.2) is 0 Å². The highest BCUT2D eigenvalue weighted by Crippen LogP contribution is 2.16. The highest BCUT2D eigenvalue weighted by Gasteiger charge is 2.30. The number of carbonyl (C=O) groups excluding carboxylic acids is 1. The summed E-state index contributed by atoms with van der Waals surface area (Å²) >= 11 is 3.14. The Hall–Kier alpha value is -1.18. The quantitative estimate of drug-likeness (QED) is 0.832. The van der Waals surface area contributed by atoms with Crippen LogP contribution in [-0.4, -0.2) is 63.6 Å². The number of halogens is 1. The van der Waals surface area contributed by atoms with E-state index >= 15 is 0 Å². The lowest BCUT2D eigenvalue weighted by atomic mass is 10.1. The first-order chi connectivity index (χ1) is 10.2. The number of hydrogen-bond donors (Lipinski definition) is 2. The van der Waals surface area contributed by atoms with Gasteiger partial charge in [0.15, 0.2) is 0 Å². The lowest BCUT2D eigenvalue weighted by Crippen LogP contribution is -2.56. The summed E-state index contributed by atoms with van der Waals surface area (Å²) in [7, 11) is 0. The molecule has 6 nitrogen and oxygen atoms in total. The summed E-state index contributed by atoms with van der Waals surface area (Å²) in [5.74, 6) is -0.0910. The van der Waals surface area contributed by atoms with Crippen LogP contribution >= 0.6 is 15.9 Å². The second-order valence-corrected chi connectivity index (χ2v) is 7.30. The van der Waals surface area contributed by atoms with Crippen LogP contribution in [0.4, 0.5) is 0 Å². The van der Waals surface area contributed by atoms with Crippen molar-refractivity contribution in [3.05, 3.63) is 32.7 Å². The molecule has 0 bridgehead atoms. The number of pyridine rings is 1. The molecule has 0 spiro atoms. The topological polar surface area (TPSA) is 76.6 Å². The summed E-state index contributed by atoms with van der Waals surface area (Å²) < 4.78 is 0.354. The van der Waals surface area contributed by atoms with Crippen molar-refractivity contribution in [2.45, 2.75) is 32.4 Å². The van der Waals surface area contributed by atoms with Gasteiger partial charge in [-0.2, -0.15) is 0 Å². The van der Waals surface area contributed by atoms with Gasteiger partial charge in [-0.05, 0) is 42.8 Å². The summed E-state index contributed by atoms with van der Waals surface area (Å²) in [5.41, 5.74) is -0.529. The van der Waals surface area contributed by atoms with E-state index in [1.165, 1.54) is 6.20 Å². The van der Waals surface area contributed by atoms with Crippen LogP contribution in [0, 0.1) is 0 Å². The Bertz CT molecular complexity index is 609. The Kier molecular flexibility index (Phi) is 5.09. The van der Waals surface area contributed by atoms with Gasteiger partial charge < -0.3 is 15.0 Å². The molecule has 0 aliphatic carbocycles. The molecule has 1 aromatic rings. The van der Waals surface area contributed by atoms with Crippen LogP contribution < -0.4 is 5.56 Å². The van der Waals surface area contributed by atoms with Gasteiger partial charge in [0, 0.05) is 38.4 Å². The predicted molar refractivity (Wildman–Crippen MR) is 88.0 cm³/mol. The minimum absolute atomic E-state index is 0.0910. The lowest BCUT2D eigenvalue weighted by Gasteiger charge is -2.42. The molecule has 1 aromatic heterocycles. The summed E-state index contributed by atoms with van der Waals surface area (Å²) in [6.45, 7) is 8.14. The number of nitrogens with zero attached hydrogens (tertiary/aromatic N) is 2. The predicted octanol–water partition coefficient (Wildman–Crippen LogP) is 1.05. The average molecular weight is 372 g/mol. The van der Waals surface area contributed by atoms with Gasteiger partial charge in [0.25, 0.3) is 11.5 Å². The second-order valence-electron chi connectivity index (χ2n) is 6.45. The maximum atomic E-state index is 12.5. The first kappa shape index (κ1) is 17.2. The van der Waals surface area contributed by atoms with Crippen LogP contribution in [0.15, 0.2) is 21.5 Å². The van der Waals surface area contributed by atoms with E-state index in [9.17, 15) is 14.7 Å². The molecule has 1 aliphatic heterocycles. The number of H-pyrrole nitrogens is 1. The Morgan fingerprint density at radius 1 is 1.50 bits per heavy atom. The van der Waals surface area contributed by atoms with Crippen molar-refractivity contribution in [3.63, 3.8) is 0 Å². The molecule has 0 radical (unpaired) electrons. The fourth-order valence-corrected chi connectivity index (χ4v) is 3.03. The number of carbonyl (C=O) groups is 1. The Morgan fingerprint density at radius 2 is 2.18 bits per heavy atom. The SMILES string of the molecule is CC1CN(C(=O)c2c[nH]c(=O)c(Br)c2)CCN1CC(C)(C)O. The average Bonchev–Trinajstić information content (AvgIpc) is 2.42. The van der Waals surface area contributed by atoms with Crippen molar-refractivity contribution in [3.8, 4) is 0 Å². The number of aromatic nitrogens is 1. The molecule has 2 N–H and O–H groups in total. The number of amides is 1. The molecule has 7 heteroatoms. The molecule has 2 rings (SSSR count). The van der Waals surface area contributed by atoms with Crippen molar-refractivity contribution < 1.29 is 9.90 Å². The molecule has 0 aromatic carbocycles. The van der Waals surface area contributed by atoms with Gasteiger partial charge in [-0.15, -0.1) is 0 Å². The monoisotopic (exact) mass is 371 g/mol. The van der Waals surface area contributed by atoms with Gasteiger partial charge >= 0.3 is 0 Å². The van der Waals surface area contributed by atoms with E-state index in [0.717, 1.165) is 6.54 Å². The summed E-state index contributed by atoms with van der Waals surface area (Å²) in [4.78, 5) is 30.4. The molecule has 2 heterocycles. The number of nitrogens with one attached hydrogen (secondary N) is 1. The summed E-state index contributed by atoms with van der Waals surface area (Å²) in [6.07, 6.45) is 1.45. The molecule has 1 unspecified atom stereocenters. The normalized spacial score (nSPS) is 20.2. The van der Waals surface area contributed by atoms with Gasteiger partial charge in [0.1, 0.15) is 0 Å². The third-order valence-electron chi connectivity index (χ3n) is 3.75. The third kappa shape index (κ3) is 4.18. The van der Waals surface area contributed by atoms with E-state index in [2.05, 4.69) is 25.8 Å². The van der Waals surface area contributed by atoms with Crippen molar-refractivity contribution in [1.29, 1.82) is 0 Å². The van der Waals surface area contributed by atoms with Crippen LogP contribution in [0.25, 0.3) is 0 Å². The third-order valence-corrected chi connectivity index (χ3v) is 4.34. The van der Waals surface area contributed by atoms with Crippen LogP contribution in [-0.2, 0) is 0 Å². The zero-order valence-electron chi connectivity index (χ0n) is 13.1.